The van der Waals surface area contributed by atoms with Crippen LogP contribution in [-0.4, -0.2) is 35.6 Å². The monoisotopic (exact) mass is 914 g/mol. The molecule has 8 rings (SSSR count). The predicted molar refractivity (Wildman–Crippen MR) is 283 cm³/mol. The summed E-state index contributed by atoms with van der Waals surface area (Å²) in [5.41, 5.74) is 10.3. The van der Waals surface area contributed by atoms with Gasteiger partial charge in [0.2, 0.25) is 0 Å². The van der Waals surface area contributed by atoms with E-state index < -0.39 is 17.7 Å². The Balaban J connectivity index is 0.000000219. The van der Waals surface area contributed by atoms with Crippen LogP contribution < -0.4 is 20.4 Å². The van der Waals surface area contributed by atoms with Crippen molar-refractivity contribution < 1.29 is 19.4 Å². The Morgan fingerprint density at radius 2 is 0.725 bits per heavy atom. The molecule has 0 aliphatic carbocycles. The summed E-state index contributed by atoms with van der Waals surface area (Å²) in [6.45, 7) is 7.14. The van der Waals surface area contributed by atoms with Crippen molar-refractivity contribution in [3.8, 4) is 0 Å². The van der Waals surface area contributed by atoms with E-state index in [-0.39, 0.29) is 5.71 Å². The van der Waals surface area contributed by atoms with Gasteiger partial charge in [0, 0.05) is 71.4 Å². The Morgan fingerprint density at radius 1 is 0.435 bits per heavy atom. The van der Waals surface area contributed by atoms with Gasteiger partial charge in [-0.05, 0) is 82.9 Å². The van der Waals surface area contributed by atoms with E-state index in [4.69, 9.17) is 15.6 Å². The quantitative estimate of drug-likeness (QED) is 0.0423. The molecular formula is C59H58N6O4. The summed E-state index contributed by atoms with van der Waals surface area (Å²) in [5.74, 6) is -1.92. The molecule has 8 aromatic rings. The maximum Gasteiger partial charge on any atom is 0.356 e. The molecule has 0 aliphatic rings. The smallest absolute Gasteiger partial charge is 0.356 e. The Morgan fingerprint density at radius 3 is 1.03 bits per heavy atom. The molecule has 10 nitrogen and oxygen atoms in total. The molecule has 0 aliphatic heterocycles. The Bertz CT molecular complexity index is 2780. The number of methoxy groups -OCH3 is 1. The van der Waals surface area contributed by atoms with Gasteiger partial charge in [-0.3, -0.25) is 10.8 Å². The number of ether oxygens (including phenoxy) is 1. The fourth-order valence-electron chi connectivity index (χ4n) is 7.46. The first-order valence-corrected chi connectivity index (χ1v) is 22.8. The highest BCUT2D eigenvalue weighted by Gasteiger charge is 2.17. The van der Waals surface area contributed by atoms with Crippen molar-refractivity contribution in [1.29, 1.82) is 10.8 Å². The first kappa shape index (κ1) is 49.7. The summed E-state index contributed by atoms with van der Waals surface area (Å²) in [5, 5.41) is 31.8. The van der Waals surface area contributed by atoms with Gasteiger partial charge < -0.3 is 30.3 Å². The number of para-hydroxylation sites is 2. The van der Waals surface area contributed by atoms with Gasteiger partial charge in [-0.15, -0.1) is 0 Å². The van der Waals surface area contributed by atoms with E-state index in [1.807, 2.05) is 80.6 Å². The minimum Gasteiger partial charge on any atom is -0.477 e. The number of hydrogen-bond donors (Lipinski definition) is 5. The molecule has 0 bridgehead atoms. The van der Waals surface area contributed by atoms with Gasteiger partial charge in [-0.1, -0.05) is 172 Å². The lowest BCUT2D eigenvalue weighted by Gasteiger charge is -2.26. The number of nitrogens with one attached hydrogen (secondary N) is 4. The van der Waals surface area contributed by atoms with Gasteiger partial charge in [-0.25, -0.2) is 9.59 Å². The van der Waals surface area contributed by atoms with Crippen LogP contribution in [0.15, 0.2) is 218 Å². The number of anilines is 6. The summed E-state index contributed by atoms with van der Waals surface area (Å²) in [6, 6.07) is 72.1. The molecule has 0 saturated heterocycles. The van der Waals surface area contributed by atoms with Gasteiger partial charge in [0.1, 0.15) is 11.4 Å². The lowest BCUT2D eigenvalue weighted by Crippen LogP contribution is -2.22. The highest BCUT2D eigenvalue weighted by molar-refractivity contribution is 6.43. The molecule has 0 heterocycles. The van der Waals surface area contributed by atoms with Crippen LogP contribution in [-0.2, 0) is 40.5 Å². The van der Waals surface area contributed by atoms with Crippen molar-refractivity contribution in [2.24, 2.45) is 0 Å². The van der Waals surface area contributed by atoms with Gasteiger partial charge in [0.25, 0.3) is 0 Å². The number of nitrogens with zero attached hydrogens (tertiary/aromatic N) is 2. The summed E-state index contributed by atoms with van der Waals surface area (Å²) in [7, 11) is 1.28. The van der Waals surface area contributed by atoms with Gasteiger partial charge in [0.15, 0.2) is 0 Å². The standard InChI is InChI=1S/C29H27N3O2.C28H25N3O2.C2H6/c1-34-29(33)28(30)26-14-8-9-15-27(26)31-24-16-18-25(19-17-24)32(20-22-10-4-2-5-11-22)21-23-12-6-3-7-13-23;29-27(28(32)33)25-13-7-8-14-26(25)30-23-15-17-24(18-16-23)31(19-21-9-3-1-4-10-21)20-22-11-5-2-6-12-22;1-2/h2-19,30-31H,20-21H2,1H3;1-18,29-30H,19-20H2,(H,32,33);1-2H3. The number of aliphatic carboxylic acids is 1. The van der Waals surface area contributed by atoms with Crippen LogP contribution in [0.1, 0.15) is 47.2 Å². The molecule has 69 heavy (non-hydrogen) atoms. The third-order valence-corrected chi connectivity index (χ3v) is 10.9. The van der Waals surface area contributed by atoms with Gasteiger partial charge >= 0.3 is 11.9 Å². The molecule has 0 radical (unpaired) electrons. The molecule has 0 fully saturated rings. The first-order chi connectivity index (χ1) is 33.7. The first-order valence-electron chi connectivity index (χ1n) is 22.8. The second-order valence-corrected chi connectivity index (χ2v) is 15.6. The van der Waals surface area contributed by atoms with Crippen LogP contribution in [0.2, 0.25) is 0 Å². The number of carbonyl (C=O) groups excluding carboxylic acids is 1. The van der Waals surface area contributed by atoms with E-state index in [9.17, 15) is 14.7 Å². The fourth-order valence-corrected chi connectivity index (χ4v) is 7.46. The van der Waals surface area contributed by atoms with Crippen LogP contribution >= 0.6 is 0 Å². The van der Waals surface area contributed by atoms with Crippen molar-refractivity contribution in [2.45, 2.75) is 40.0 Å². The van der Waals surface area contributed by atoms with E-state index in [1.54, 1.807) is 30.3 Å². The van der Waals surface area contributed by atoms with E-state index >= 15 is 0 Å². The lowest BCUT2D eigenvalue weighted by molar-refractivity contribution is -0.132. The maximum atomic E-state index is 11.9. The zero-order chi connectivity index (χ0) is 48.8. The number of rotatable bonds is 18. The fraction of sp³-hybridized carbons (Fsp3) is 0.119. The summed E-state index contributed by atoms with van der Waals surface area (Å²) >= 11 is 0. The average Bonchev–Trinajstić information content (AvgIpc) is 3.40. The minimum absolute atomic E-state index is 0.181. The molecule has 0 spiro atoms. The maximum absolute atomic E-state index is 11.9. The van der Waals surface area contributed by atoms with E-state index in [1.165, 1.54) is 29.4 Å². The summed E-state index contributed by atoms with van der Waals surface area (Å²) in [4.78, 5) is 27.8. The van der Waals surface area contributed by atoms with Crippen LogP contribution in [0.5, 0.6) is 0 Å². The zero-order valence-electron chi connectivity index (χ0n) is 39.2. The van der Waals surface area contributed by atoms with Crippen molar-refractivity contribution in [3.63, 3.8) is 0 Å². The predicted octanol–water partition coefficient (Wildman–Crippen LogP) is 13.3. The molecule has 0 aromatic heterocycles. The van der Waals surface area contributed by atoms with Crippen LogP contribution in [0.25, 0.3) is 0 Å². The molecule has 348 valence electrons. The van der Waals surface area contributed by atoms with Crippen LogP contribution in [0.3, 0.4) is 0 Å². The third-order valence-electron chi connectivity index (χ3n) is 10.9. The second-order valence-electron chi connectivity index (χ2n) is 15.6. The number of benzene rings is 8. The minimum atomic E-state index is -1.25. The molecule has 0 amide bonds. The SMILES string of the molecule is CC.COC(=O)C(=N)c1ccccc1Nc1ccc(N(Cc2ccccc2)Cc2ccccc2)cc1.N=C(C(=O)O)c1ccccc1Nc1ccc(N(Cc2ccccc2)Cc2ccccc2)cc1. The zero-order valence-corrected chi connectivity index (χ0v) is 39.2. The summed E-state index contributed by atoms with van der Waals surface area (Å²) in [6.07, 6.45) is 0. The van der Waals surface area contributed by atoms with Gasteiger partial charge in [-0.2, -0.15) is 0 Å². The largest absolute Gasteiger partial charge is 0.477 e. The van der Waals surface area contributed by atoms with Crippen LogP contribution in [0, 0.1) is 10.8 Å². The third kappa shape index (κ3) is 14.6. The molecule has 8 aromatic carbocycles. The molecule has 10 heteroatoms. The van der Waals surface area contributed by atoms with Crippen molar-refractivity contribution >= 4 is 57.5 Å². The topological polar surface area (TPSA) is 142 Å². The number of carboxylic acids is 1. The van der Waals surface area contributed by atoms with Crippen molar-refractivity contribution in [3.05, 3.63) is 252 Å². The summed E-state index contributed by atoms with van der Waals surface area (Å²) < 4.78 is 4.71. The lowest BCUT2D eigenvalue weighted by atomic mass is 10.1. The second kappa shape index (κ2) is 25.8. The van der Waals surface area contributed by atoms with E-state index in [0.717, 1.165) is 48.9 Å². The number of carboxylic acid groups (broad SMARTS) is 1. The molecule has 0 atom stereocenters. The molecular weight excluding hydrogens is 857 g/mol. The van der Waals surface area contributed by atoms with E-state index in [2.05, 4.69) is 142 Å². The molecule has 5 N–H and O–H groups in total. The Kier molecular flexibility index (Phi) is 18.6. The Hall–Kier alpha value is -8.76. The highest BCUT2D eigenvalue weighted by atomic mass is 16.5. The van der Waals surface area contributed by atoms with Crippen LogP contribution in [0.4, 0.5) is 34.1 Å². The number of esters is 1. The molecule has 0 saturated carbocycles. The molecule has 0 unspecified atom stereocenters. The number of hydrogen-bond acceptors (Lipinski definition) is 9. The number of carbonyl (C=O) groups is 2. The van der Waals surface area contributed by atoms with E-state index in [0.29, 0.717) is 22.5 Å². The van der Waals surface area contributed by atoms with Crippen molar-refractivity contribution in [1.82, 2.24) is 0 Å². The van der Waals surface area contributed by atoms with Crippen molar-refractivity contribution in [2.75, 3.05) is 27.5 Å². The van der Waals surface area contributed by atoms with Gasteiger partial charge in [0.05, 0.1) is 7.11 Å². The normalized spacial score (nSPS) is 10.2. The Labute approximate surface area is 405 Å². The highest BCUT2D eigenvalue weighted by Crippen LogP contribution is 2.28. The average molecular weight is 915 g/mol.